The first-order chi connectivity index (χ1) is 8.15. The van der Waals surface area contributed by atoms with Crippen molar-refractivity contribution in [1.29, 1.82) is 0 Å². The summed E-state index contributed by atoms with van der Waals surface area (Å²) in [5, 5.41) is 0. The van der Waals surface area contributed by atoms with Crippen LogP contribution in [0, 0.1) is 10.5 Å². The number of hydrogen-bond acceptors (Lipinski definition) is 1. The van der Waals surface area contributed by atoms with Crippen molar-refractivity contribution in [2.45, 2.75) is 13.5 Å². The van der Waals surface area contributed by atoms with Crippen LogP contribution in [0.4, 0.5) is 5.69 Å². The van der Waals surface area contributed by atoms with Crippen molar-refractivity contribution >= 4 is 28.3 Å². The van der Waals surface area contributed by atoms with Gasteiger partial charge in [-0.2, -0.15) is 0 Å². The minimum atomic E-state index is 0.945. The quantitative estimate of drug-likeness (QED) is 0.758. The zero-order chi connectivity index (χ0) is 12.3. The van der Waals surface area contributed by atoms with Crippen molar-refractivity contribution in [1.82, 2.24) is 0 Å². The highest BCUT2D eigenvalue weighted by Gasteiger charge is 2.02. The van der Waals surface area contributed by atoms with Crippen LogP contribution in [0.2, 0.25) is 0 Å². The van der Waals surface area contributed by atoms with E-state index >= 15 is 0 Å². The predicted molar refractivity (Wildman–Crippen MR) is 82.4 cm³/mol. The van der Waals surface area contributed by atoms with E-state index in [9.17, 15) is 0 Å². The van der Waals surface area contributed by atoms with Gasteiger partial charge in [-0.15, -0.1) is 0 Å². The first-order valence-electron chi connectivity index (χ1n) is 5.67. The molecule has 0 fully saturated rings. The molecule has 2 heteroatoms. The van der Waals surface area contributed by atoms with E-state index in [1.165, 1.54) is 20.4 Å². The van der Waals surface area contributed by atoms with Gasteiger partial charge in [-0.3, -0.25) is 0 Å². The zero-order valence-electron chi connectivity index (χ0n) is 10.2. The van der Waals surface area contributed by atoms with Gasteiger partial charge in [0.25, 0.3) is 0 Å². The largest absolute Gasteiger partial charge is 0.370 e. The first kappa shape index (κ1) is 12.4. The lowest BCUT2D eigenvalue weighted by atomic mass is 10.2. The molecule has 2 rings (SSSR count). The van der Waals surface area contributed by atoms with Crippen LogP contribution in [0.5, 0.6) is 0 Å². The van der Waals surface area contributed by atoms with E-state index in [1.807, 2.05) is 0 Å². The van der Waals surface area contributed by atoms with Gasteiger partial charge in [0.05, 0.1) is 0 Å². The fraction of sp³-hybridized carbons (Fsp3) is 0.200. The van der Waals surface area contributed by atoms with Gasteiger partial charge >= 0.3 is 0 Å². The molecule has 0 amide bonds. The molecule has 0 radical (unpaired) electrons. The van der Waals surface area contributed by atoms with Crippen molar-refractivity contribution in [2.24, 2.45) is 0 Å². The summed E-state index contributed by atoms with van der Waals surface area (Å²) in [6.45, 7) is 3.07. The molecule has 1 nitrogen and oxygen atoms in total. The van der Waals surface area contributed by atoms with E-state index in [2.05, 4.69) is 90.0 Å². The second-order valence-corrected chi connectivity index (χ2v) is 5.57. The Hall–Kier alpha value is -1.03. The minimum Gasteiger partial charge on any atom is -0.370 e. The lowest BCUT2D eigenvalue weighted by molar-refractivity contribution is 0.922. The van der Waals surface area contributed by atoms with Crippen molar-refractivity contribution in [3.05, 3.63) is 63.2 Å². The molecule has 0 spiro atoms. The third-order valence-electron chi connectivity index (χ3n) is 2.78. The number of aryl methyl sites for hydroxylation is 1. The lowest BCUT2D eigenvalue weighted by Crippen LogP contribution is -2.16. The van der Waals surface area contributed by atoms with Crippen LogP contribution in [0.3, 0.4) is 0 Å². The van der Waals surface area contributed by atoms with Gasteiger partial charge in [0, 0.05) is 22.8 Å². The number of benzene rings is 2. The summed E-state index contributed by atoms with van der Waals surface area (Å²) >= 11 is 2.33. The molecule has 2 aromatic rings. The Kier molecular flexibility index (Phi) is 4.05. The summed E-state index contributed by atoms with van der Waals surface area (Å²) in [4.78, 5) is 2.27. The molecular formula is C15H16IN. The van der Waals surface area contributed by atoms with E-state index in [0.29, 0.717) is 0 Å². The van der Waals surface area contributed by atoms with Crippen LogP contribution < -0.4 is 4.90 Å². The monoisotopic (exact) mass is 337 g/mol. The summed E-state index contributed by atoms with van der Waals surface area (Å²) in [6.07, 6.45) is 0. The van der Waals surface area contributed by atoms with Crippen molar-refractivity contribution in [3.8, 4) is 0 Å². The second kappa shape index (κ2) is 5.54. The molecule has 0 unspecified atom stereocenters. The number of rotatable bonds is 3. The van der Waals surface area contributed by atoms with Gasteiger partial charge in [0.15, 0.2) is 0 Å². The third kappa shape index (κ3) is 3.46. The van der Waals surface area contributed by atoms with Crippen LogP contribution in [-0.2, 0) is 6.54 Å². The SMILES string of the molecule is Cc1cccc(N(C)Cc2ccc(I)cc2)c1. The van der Waals surface area contributed by atoms with Gasteiger partial charge in [-0.25, -0.2) is 0 Å². The molecule has 0 aromatic heterocycles. The number of nitrogens with zero attached hydrogens (tertiary/aromatic N) is 1. The number of halogens is 1. The first-order valence-corrected chi connectivity index (χ1v) is 6.75. The maximum Gasteiger partial charge on any atom is 0.0426 e. The topological polar surface area (TPSA) is 3.24 Å². The molecule has 2 aromatic carbocycles. The van der Waals surface area contributed by atoms with Gasteiger partial charge < -0.3 is 4.90 Å². The fourth-order valence-corrected chi connectivity index (χ4v) is 2.18. The molecular weight excluding hydrogens is 321 g/mol. The van der Waals surface area contributed by atoms with Crippen molar-refractivity contribution in [2.75, 3.05) is 11.9 Å². The highest BCUT2D eigenvalue weighted by atomic mass is 127. The molecule has 0 aliphatic rings. The van der Waals surface area contributed by atoms with E-state index < -0.39 is 0 Å². The average Bonchev–Trinajstić information content (AvgIpc) is 2.32. The standard InChI is InChI=1S/C15H16IN/c1-12-4-3-5-15(10-12)17(2)11-13-6-8-14(16)9-7-13/h3-10H,11H2,1-2H3. The summed E-state index contributed by atoms with van der Waals surface area (Å²) < 4.78 is 1.28. The smallest absolute Gasteiger partial charge is 0.0426 e. The number of hydrogen-bond donors (Lipinski definition) is 0. The Morgan fingerprint density at radius 2 is 1.76 bits per heavy atom. The molecule has 0 heterocycles. The summed E-state index contributed by atoms with van der Waals surface area (Å²) in [7, 11) is 2.13. The number of anilines is 1. The molecule has 0 bridgehead atoms. The molecule has 17 heavy (non-hydrogen) atoms. The van der Waals surface area contributed by atoms with Gasteiger partial charge in [0.1, 0.15) is 0 Å². The lowest BCUT2D eigenvalue weighted by Gasteiger charge is -2.19. The Balaban J connectivity index is 2.11. The molecule has 0 saturated heterocycles. The van der Waals surface area contributed by atoms with E-state index in [0.717, 1.165) is 6.54 Å². The Morgan fingerprint density at radius 3 is 2.41 bits per heavy atom. The molecule has 88 valence electrons. The highest BCUT2D eigenvalue weighted by molar-refractivity contribution is 14.1. The van der Waals surface area contributed by atoms with Gasteiger partial charge in [-0.05, 0) is 64.9 Å². The minimum absolute atomic E-state index is 0.945. The van der Waals surface area contributed by atoms with E-state index in [-0.39, 0.29) is 0 Å². The molecule has 0 N–H and O–H groups in total. The Bertz CT molecular complexity index is 491. The van der Waals surface area contributed by atoms with Crippen LogP contribution in [-0.4, -0.2) is 7.05 Å². The van der Waals surface area contributed by atoms with Crippen molar-refractivity contribution in [3.63, 3.8) is 0 Å². The molecule has 0 saturated carbocycles. The summed E-state index contributed by atoms with van der Waals surface area (Å²) in [5.41, 5.74) is 3.91. The highest BCUT2D eigenvalue weighted by Crippen LogP contribution is 2.17. The summed E-state index contributed by atoms with van der Waals surface area (Å²) in [6, 6.07) is 17.3. The van der Waals surface area contributed by atoms with E-state index in [1.54, 1.807) is 0 Å². The van der Waals surface area contributed by atoms with Crippen LogP contribution in [0.25, 0.3) is 0 Å². The van der Waals surface area contributed by atoms with Crippen LogP contribution >= 0.6 is 22.6 Å². The molecule has 0 aliphatic heterocycles. The van der Waals surface area contributed by atoms with Crippen LogP contribution in [0.15, 0.2) is 48.5 Å². The maximum absolute atomic E-state index is 2.33. The van der Waals surface area contributed by atoms with Gasteiger partial charge in [0.2, 0.25) is 0 Å². The normalized spacial score (nSPS) is 10.3. The zero-order valence-corrected chi connectivity index (χ0v) is 12.3. The molecule has 0 atom stereocenters. The van der Waals surface area contributed by atoms with Crippen LogP contribution in [0.1, 0.15) is 11.1 Å². The second-order valence-electron chi connectivity index (χ2n) is 4.32. The molecule has 0 aliphatic carbocycles. The predicted octanol–water partition coefficient (Wildman–Crippen LogP) is 4.24. The summed E-state index contributed by atoms with van der Waals surface area (Å²) in [5.74, 6) is 0. The van der Waals surface area contributed by atoms with Crippen molar-refractivity contribution < 1.29 is 0 Å². The van der Waals surface area contributed by atoms with E-state index in [4.69, 9.17) is 0 Å². The fourth-order valence-electron chi connectivity index (χ4n) is 1.82. The Morgan fingerprint density at radius 1 is 1.06 bits per heavy atom. The maximum atomic E-state index is 2.33. The Labute approximate surface area is 117 Å². The third-order valence-corrected chi connectivity index (χ3v) is 3.49. The average molecular weight is 337 g/mol. The van der Waals surface area contributed by atoms with Gasteiger partial charge in [-0.1, -0.05) is 24.3 Å².